The van der Waals surface area contributed by atoms with Crippen LogP contribution in [0.3, 0.4) is 0 Å². The average Bonchev–Trinajstić information content (AvgIpc) is 3.46. The Labute approximate surface area is 187 Å². The van der Waals surface area contributed by atoms with Crippen LogP contribution in [0.25, 0.3) is 5.65 Å². The van der Waals surface area contributed by atoms with Gasteiger partial charge in [-0.3, -0.25) is 9.59 Å². The molecule has 2 amide bonds. The van der Waals surface area contributed by atoms with E-state index < -0.39 is 17.5 Å². The molecule has 2 N–H and O–H groups in total. The Kier molecular flexibility index (Phi) is 5.29. The third-order valence-electron chi connectivity index (χ3n) is 5.70. The van der Waals surface area contributed by atoms with Crippen LogP contribution >= 0.6 is 0 Å². The minimum absolute atomic E-state index is 0.0163. The molecule has 0 unspecified atom stereocenters. The first-order valence-corrected chi connectivity index (χ1v) is 10.4. The number of benzene rings is 2. The molecule has 0 aliphatic heterocycles. The van der Waals surface area contributed by atoms with Gasteiger partial charge >= 0.3 is 0 Å². The van der Waals surface area contributed by atoms with Gasteiger partial charge in [-0.15, -0.1) is 0 Å². The second-order valence-electron chi connectivity index (χ2n) is 7.82. The second kappa shape index (κ2) is 8.42. The summed E-state index contributed by atoms with van der Waals surface area (Å²) >= 11 is 0. The Morgan fingerprint density at radius 1 is 1.03 bits per heavy atom. The minimum Gasteiger partial charge on any atom is -0.347 e. The van der Waals surface area contributed by atoms with Crippen molar-refractivity contribution in [3.8, 4) is 0 Å². The highest BCUT2D eigenvalue weighted by Gasteiger charge is 2.25. The van der Waals surface area contributed by atoms with Crippen LogP contribution in [0, 0.1) is 11.6 Å². The maximum atomic E-state index is 13.4. The first-order valence-electron chi connectivity index (χ1n) is 10.4. The third kappa shape index (κ3) is 4.05. The molecule has 1 aliphatic carbocycles. The van der Waals surface area contributed by atoms with E-state index in [1.54, 1.807) is 6.07 Å². The van der Waals surface area contributed by atoms with Gasteiger partial charge in [0.25, 0.3) is 11.8 Å². The van der Waals surface area contributed by atoms with Crippen LogP contribution in [-0.2, 0) is 13.0 Å². The Hall–Kier alpha value is -4.14. The van der Waals surface area contributed by atoms with Crippen molar-refractivity contribution in [3.05, 3.63) is 101 Å². The predicted molar refractivity (Wildman–Crippen MR) is 115 cm³/mol. The van der Waals surface area contributed by atoms with Crippen molar-refractivity contribution >= 4 is 17.5 Å². The maximum absolute atomic E-state index is 13.4. The monoisotopic (exact) mass is 447 g/mol. The van der Waals surface area contributed by atoms with Gasteiger partial charge in [0, 0.05) is 18.7 Å². The van der Waals surface area contributed by atoms with Crippen molar-refractivity contribution in [2.45, 2.75) is 25.4 Å². The van der Waals surface area contributed by atoms with E-state index in [4.69, 9.17) is 0 Å². The largest absolute Gasteiger partial charge is 0.347 e. The average molecular weight is 447 g/mol. The summed E-state index contributed by atoms with van der Waals surface area (Å²) in [5.41, 5.74) is 3.22. The van der Waals surface area contributed by atoms with Crippen LogP contribution in [-0.4, -0.2) is 26.4 Å². The van der Waals surface area contributed by atoms with Crippen molar-refractivity contribution < 1.29 is 18.4 Å². The van der Waals surface area contributed by atoms with Gasteiger partial charge in [-0.2, -0.15) is 5.10 Å². The molecule has 2 aromatic heterocycles. The molecule has 2 aromatic carbocycles. The van der Waals surface area contributed by atoms with Crippen LogP contribution in [0.4, 0.5) is 8.78 Å². The molecule has 4 aromatic rings. The molecule has 1 aliphatic rings. The number of carbonyl (C=O) groups is 2. The van der Waals surface area contributed by atoms with E-state index >= 15 is 0 Å². The van der Waals surface area contributed by atoms with E-state index in [2.05, 4.69) is 26.8 Å². The number of fused-ring (bicyclic) bond motifs is 2. The highest BCUT2D eigenvalue weighted by Crippen LogP contribution is 2.30. The smallest absolute Gasteiger partial charge is 0.270 e. The summed E-state index contributed by atoms with van der Waals surface area (Å²) in [6, 6.07) is 14.2. The van der Waals surface area contributed by atoms with Crippen molar-refractivity contribution in [1.82, 2.24) is 25.2 Å². The lowest BCUT2D eigenvalue weighted by atomic mass is 10.1. The zero-order valence-corrected chi connectivity index (χ0v) is 17.4. The quantitative estimate of drug-likeness (QED) is 0.491. The fourth-order valence-electron chi connectivity index (χ4n) is 4.05. The number of hydrogen-bond acceptors (Lipinski definition) is 4. The molecular weight excluding hydrogens is 428 g/mol. The highest BCUT2D eigenvalue weighted by atomic mass is 19.2. The SMILES string of the molecule is O=C(NCc1ccc(F)c(F)c1)c1cc(C(=O)N[C@H]2CCc3ccccc32)n2nccc2n1. The molecule has 5 rings (SSSR count). The lowest BCUT2D eigenvalue weighted by Gasteiger charge is -2.15. The zero-order valence-electron chi connectivity index (χ0n) is 17.4. The van der Waals surface area contributed by atoms with Crippen molar-refractivity contribution in [2.24, 2.45) is 0 Å². The highest BCUT2D eigenvalue weighted by molar-refractivity contribution is 5.98. The number of aromatic nitrogens is 3. The Bertz CT molecular complexity index is 1380. The number of aryl methyl sites for hydroxylation is 1. The normalized spacial score (nSPS) is 14.8. The van der Waals surface area contributed by atoms with E-state index in [0.29, 0.717) is 11.2 Å². The van der Waals surface area contributed by atoms with Gasteiger partial charge in [0.15, 0.2) is 17.3 Å². The van der Waals surface area contributed by atoms with Gasteiger partial charge in [0.1, 0.15) is 11.4 Å². The van der Waals surface area contributed by atoms with Gasteiger partial charge in [0.05, 0.1) is 12.2 Å². The van der Waals surface area contributed by atoms with Crippen LogP contribution in [0.1, 0.15) is 50.1 Å². The van der Waals surface area contributed by atoms with Crippen LogP contribution in [0.2, 0.25) is 0 Å². The van der Waals surface area contributed by atoms with Crippen molar-refractivity contribution in [3.63, 3.8) is 0 Å². The summed E-state index contributed by atoms with van der Waals surface area (Å²) in [6.07, 6.45) is 3.17. The van der Waals surface area contributed by atoms with Gasteiger partial charge in [-0.1, -0.05) is 30.3 Å². The van der Waals surface area contributed by atoms with Crippen LogP contribution < -0.4 is 10.6 Å². The summed E-state index contributed by atoms with van der Waals surface area (Å²) in [4.78, 5) is 30.1. The molecule has 0 saturated heterocycles. The predicted octanol–water partition coefficient (Wildman–Crippen LogP) is 3.35. The Morgan fingerprint density at radius 2 is 1.88 bits per heavy atom. The number of carbonyl (C=O) groups excluding carboxylic acids is 2. The van der Waals surface area contributed by atoms with Crippen LogP contribution in [0.15, 0.2) is 60.8 Å². The van der Waals surface area contributed by atoms with Gasteiger partial charge in [0.2, 0.25) is 0 Å². The first-order chi connectivity index (χ1) is 16.0. The molecule has 0 spiro atoms. The third-order valence-corrected chi connectivity index (χ3v) is 5.70. The minimum atomic E-state index is -0.993. The molecule has 0 fully saturated rings. The van der Waals surface area contributed by atoms with Crippen LogP contribution in [0.5, 0.6) is 0 Å². The van der Waals surface area contributed by atoms with E-state index in [-0.39, 0.29) is 29.9 Å². The van der Waals surface area contributed by atoms with Crippen molar-refractivity contribution in [1.29, 1.82) is 0 Å². The number of halogens is 2. The molecule has 7 nitrogen and oxygen atoms in total. The molecule has 33 heavy (non-hydrogen) atoms. The number of nitrogens with one attached hydrogen (secondary N) is 2. The Balaban J connectivity index is 1.37. The standard InChI is InChI=1S/C24H19F2N5O2/c25-17-7-5-14(11-18(17)26)13-27-23(32)20-12-21(31-22(29-20)9-10-28-31)24(33)30-19-8-6-15-3-1-2-4-16(15)19/h1-5,7,9-12,19H,6,8,13H2,(H,27,32)(H,30,33)/t19-/m0/s1. The zero-order chi connectivity index (χ0) is 22.9. The fraction of sp³-hybridized carbons (Fsp3) is 0.167. The van der Waals surface area contributed by atoms with Crippen molar-refractivity contribution in [2.75, 3.05) is 0 Å². The van der Waals surface area contributed by atoms with E-state index in [9.17, 15) is 18.4 Å². The molecule has 2 heterocycles. The summed E-state index contributed by atoms with van der Waals surface area (Å²) in [7, 11) is 0. The van der Waals surface area contributed by atoms with E-state index in [1.165, 1.54) is 28.4 Å². The number of nitrogens with zero attached hydrogens (tertiary/aromatic N) is 3. The summed E-state index contributed by atoms with van der Waals surface area (Å²) in [5, 5.41) is 9.81. The second-order valence-corrected chi connectivity index (χ2v) is 7.82. The molecular formula is C24H19F2N5O2. The number of amides is 2. The molecule has 0 bridgehead atoms. The molecule has 0 saturated carbocycles. The van der Waals surface area contributed by atoms with E-state index in [1.807, 2.05) is 18.2 Å². The first kappa shape index (κ1) is 20.7. The summed E-state index contributed by atoms with van der Waals surface area (Å²) < 4.78 is 27.9. The lowest BCUT2D eigenvalue weighted by molar-refractivity contribution is 0.0929. The van der Waals surface area contributed by atoms with E-state index in [0.717, 1.165) is 30.5 Å². The maximum Gasteiger partial charge on any atom is 0.270 e. The topological polar surface area (TPSA) is 88.4 Å². The molecule has 1 atom stereocenters. The fourth-order valence-corrected chi connectivity index (χ4v) is 4.05. The summed E-state index contributed by atoms with van der Waals surface area (Å²) in [5.74, 6) is -2.88. The Morgan fingerprint density at radius 3 is 2.73 bits per heavy atom. The number of hydrogen-bond donors (Lipinski definition) is 2. The number of rotatable bonds is 5. The van der Waals surface area contributed by atoms with Gasteiger partial charge in [-0.25, -0.2) is 18.3 Å². The molecule has 166 valence electrons. The lowest BCUT2D eigenvalue weighted by Crippen LogP contribution is -2.30. The molecule has 0 radical (unpaired) electrons. The molecule has 9 heteroatoms. The van der Waals surface area contributed by atoms with Gasteiger partial charge < -0.3 is 10.6 Å². The van der Waals surface area contributed by atoms with Gasteiger partial charge in [-0.05, 0) is 41.7 Å². The summed E-state index contributed by atoms with van der Waals surface area (Å²) in [6.45, 7) is -0.0253.